The lowest BCUT2D eigenvalue weighted by Crippen LogP contribution is -2.16. The first-order valence-corrected chi connectivity index (χ1v) is 12.5. The minimum Gasteiger partial charge on any atom is -0.490 e. The Morgan fingerprint density at radius 1 is 1.09 bits per heavy atom. The lowest BCUT2D eigenvalue weighted by atomic mass is 10.2. The van der Waals surface area contributed by atoms with Crippen molar-refractivity contribution in [2.45, 2.75) is 20.5 Å². The van der Waals surface area contributed by atoms with Gasteiger partial charge in [-0.05, 0) is 84.0 Å². The van der Waals surface area contributed by atoms with Gasteiger partial charge in [-0.3, -0.25) is 4.79 Å². The lowest BCUT2D eigenvalue weighted by Gasteiger charge is -2.12. The van der Waals surface area contributed by atoms with Gasteiger partial charge in [-0.1, -0.05) is 45.8 Å². The van der Waals surface area contributed by atoms with Gasteiger partial charge in [0.05, 0.1) is 16.4 Å². The van der Waals surface area contributed by atoms with E-state index in [4.69, 9.17) is 13.9 Å². The standard InChI is InChI=1S/C26H22BrIN2O4/c1-3-32-23-10-18(8-9-22(23)33-15-17-6-4-16(2)5-7-17)14-29-30-26(31)24-12-19-11-20(27)13-21(28)25(19)34-24/h4-14H,3,15H2,1-2H3,(H,30,31)/b29-14-. The summed E-state index contributed by atoms with van der Waals surface area (Å²) in [4.78, 5) is 12.5. The van der Waals surface area contributed by atoms with Crippen molar-refractivity contribution in [1.29, 1.82) is 0 Å². The maximum absolute atomic E-state index is 12.5. The van der Waals surface area contributed by atoms with Crippen molar-refractivity contribution < 1.29 is 18.7 Å². The number of rotatable bonds is 8. The van der Waals surface area contributed by atoms with Gasteiger partial charge >= 0.3 is 5.91 Å². The van der Waals surface area contributed by atoms with Crippen LogP contribution >= 0.6 is 38.5 Å². The zero-order chi connectivity index (χ0) is 24.1. The molecule has 0 aliphatic rings. The number of aryl methyl sites for hydroxylation is 1. The second-order valence-electron chi connectivity index (χ2n) is 7.53. The number of hydrazone groups is 1. The molecule has 4 aromatic rings. The summed E-state index contributed by atoms with van der Waals surface area (Å²) in [5, 5.41) is 4.91. The van der Waals surface area contributed by atoms with Crippen LogP contribution in [0.2, 0.25) is 0 Å². The predicted octanol–water partition coefficient (Wildman–Crippen LogP) is 6.85. The maximum Gasteiger partial charge on any atom is 0.307 e. The molecule has 0 radical (unpaired) electrons. The minimum absolute atomic E-state index is 0.193. The van der Waals surface area contributed by atoms with Gasteiger partial charge in [0, 0.05) is 9.86 Å². The molecule has 34 heavy (non-hydrogen) atoms. The molecule has 0 saturated carbocycles. The van der Waals surface area contributed by atoms with E-state index in [1.165, 1.54) is 5.56 Å². The summed E-state index contributed by atoms with van der Waals surface area (Å²) >= 11 is 5.63. The molecule has 1 heterocycles. The molecule has 1 aromatic heterocycles. The molecule has 8 heteroatoms. The van der Waals surface area contributed by atoms with E-state index in [2.05, 4.69) is 68.1 Å². The Hall–Kier alpha value is -2.85. The number of fused-ring (bicyclic) bond motifs is 1. The van der Waals surface area contributed by atoms with Crippen LogP contribution in [0.3, 0.4) is 0 Å². The molecule has 0 aliphatic carbocycles. The van der Waals surface area contributed by atoms with E-state index < -0.39 is 5.91 Å². The predicted molar refractivity (Wildman–Crippen MR) is 145 cm³/mol. The zero-order valence-corrected chi connectivity index (χ0v) is 22.3. The van der Waals surface area contributed by atoms with Crippen molar-refractivity contribution in [3.05, 3.63) is 91.2 Å². The van der Waals surface area contributed by atoms with E-state index in [-0.39, 0.29) is 5.76 Å². The van der Waals surface area contributed by atoms with E-state index in [0.717, 1.165) is 24.6 Å². The van der Waals surface area contributed by atoms with Gasteiger partial charge in [-0.25, -0.2) is 5.43 Å². The van der Waals surface area contributed by atoms with Crippen LogP contribution in [-0.4, -0.2) is 18.7 Å². The average molecular weight is 633 g/mol. The van der Waals surface area contributed by atoms with Gasteiger partial charge < -0.3 is 13.9 Å². The summed E-state index contributed by atoms with van der Waals surface area (Å²) in [5.74, 6) is 1.02. The van der Waals surface area contributed by atoms with Crippen LogP contribution in [0.5, 0.6) is 11.5 Å². The summed E-state index contributed by atoms with van der Waals surface area (Å²) in [7, 11) is 0. The summed E-state index contributed by atoms with van der Waals surface area (Å²) in [6.07, 6.45) is 1.55. The SMILES string of the molecule is CCOc1cc(/C=N\NC(=O)c2cc3cc(Br)cc(I)c3o2)ccc1OCc1ccc(C)cc1. The maximum atomic E-state index is 12.5. The van der Waals surface area contributed by atoms with E-state index >= 15 is 0 Å². The lowest BCUT2D eigenvalue weighted by molar-refractivity contribution is 0.0929. The Morgan fingerprint density at radius 3 is 2.65 bits per heavy atom. The molecule has 0 atom stereocenters. The molecule has 3 aromatic carbocycles. The fourth-order valence-corrected chi connectivity index (χ4v) is 4.91. The number of ether oxygens (including phenoxy) is 2. The molecular weight excluding hydrogens is 611 g/mol. The molecule has 1 amide bonds. The second kappa shape index (κ2) is 11.1. The molecule has 0 spiro atoms. The summed E-state index contributed by atoms with van der Waals surface area (Å²) < 4.78 is 19.2. The van der Waals surface area contributed by atoms with Crippen LogP contribution < -0.4 is 14.9 Å². The normalized spacial score (nSPS) is 11.2. The van der Waals surface area contributed by atoms with Gasteiger partial charge in [0.1, 0.15) is 12.2 Å². The topological polar surface area (TPSA) is 73.1 Å². The van der Waals surface area contributed by atoms with Crippen LogP contribution in [0.15, 0.2) is 74.7 Å². The number of carbonyl (C=O) groups excluding carboxylic acids is 1. The van der Waals surface area contributed by atoms with Crippen LogP contribution in [0.1, 0.15) is 34.2 Å². The molecule has 0 aliphatic heterocycles. The van der Waals surface area contributed by atoms with Crippen molar-refractivity contribution in [1.82, 2.24) is 5.43 Å². The van der Waals surface area contributed by atoms with Crippen molar-refractivity contribution in [3.63, 3.8) is 0 Å². The highest BCUT2D eigenvalue weighted by Gasteiger charge is 2.14. The van der Waals surface area contributed by atoms with Crippen LogP contribution in [0.4, 0.5) is 0 Å². The first-order chi connectivity index (χ1) is 16.4. The minimum atomic E-state index is -0.428. The van der Waals surface area contributed by atoms with Crippen molar-refractivity contribution in [3.8, 4) is 11.5 Å². The monoisotopic (exact) mass is 632 g/mol. The van der Waals surface area contributed by atoms with E-state index in [1.54, 1.807) is 12.3 Å². The van der Waals surface area contributed by atoms with Crippen molar-refractivity contribution in [2.75, 3.05) is 6.61 Å². The number of benzene rings is 3. The number of amides is 1. The smallest absolute Gasteiger partial charge is 0.307 e. The third kappa shape index (κ3) is 5.98. The van der Waals surface area contributed by atoms with Crippen molar-refractivity contribution in [2.24, 2.45) is 5.10 Å². The number of nitrogens with zero attached hydrogens (tertiary/aromatic N) is 1. The van der Waals surface area contributed by atoms with Crippen LogP contribution in [-0.2, 0) is 6.61 Å². The van der Waals surface area contributed by atoms with Gasteiger partial charge in [0.25, 0.3) is 0 Å². The molecule has 0 unspecified atom stereocenters. The molecule has 174 valence electrons. The third-order valence-corrected chi connectivity index (χ3v) is 6.18. The Balaban J connectivity index is 1.43. The summed E-state index contributed by atoms with van der Waals surface area (Å²) in [6, 6.07) is 19.2. The molecule has 0 bridgehead atoms. The number of nitrogens with one attached hydrogen (secondary N) is 1. The molecule has 0 fully saturated rings. The Morgan fingerprint density at radius 2 is 1.88 bits per heavy atom. The van der Waals surface area contributed by atoms with Gasteiger partial charge in [0.15, 0.2) is 17.3 Å². The third-order valence-electron chi connectivity index (χ3n) is 4.92. The first-order valence-electron chi connectivity index (χ1n) is 10.6. The summed E-state index contributed by atoms with van der Waals surface area (Å²) in [5.41, 5.74) is 6.22. The second-order valence-corrected chi connectivity index (χ2v) is 9.61. The summed E-state index contributed by atoms with van der Waals surface area (Å²) in [6.45, 7) is 4.91. The number of halogens is 2. The van der Waals surface area contributed by atoms with E-state index in [0.29, 0.717) is 30.3 Å². The quantitative estimate of drug-likeness (QED) is 0.131. The molecule has 1 N–H and O–H groups in total. The largest absolute Gasteiger partial charge is 0.490 e. The van der Waals surface area contributed by atoms with Gasteiger partial charge in [0.2, 0.25) is 0 Å². The number of furan rings is 1. The van der Waals surface area contributed by atoms with Crippen LogP contribution in [0.25, 0.3) is 11.0 Å². The highest BCUT2D eigenvalue weighted by molar-refractivity contribution is 14.1. The first kappa shape index (κ1) is 24.3. The van der Waals surface area contributed by atoms with Gasteiger partial charge in [-0.15, -0.1) is 0 Å². The average Bonchev–Trinajstić information content (AvgIpc) is 3.24. The number of hydrogen-bond acceptors (Lipinski definition) is 5. The molecule has 0 saturated heterocycles. The zero-order valence-electron chi connectivity index (χ0n) is 18.6. The molecular formula is C26H22BrIN2O4. The Labute approximate surface area is 219 Å². The molecule has 4 rings (SSSR count). The fourth-order valence-electron chi connectivity index (χ4n) is 3.25. The van der Waals surface area contributed by atoms with E-state index in [9.17, 15) is 4.79 Å². The Kier molecular flexibility index (Phi) is 7.89. The highest BCUT2D eigenvalue weighted by Crippen LogP contribution is 2.30. The number of hydrogen-bond donors (Lipinski definition) is 1. The van der Waals surface area contributed by atoms with Crippen LogP contribution in [0, 0.1) is 10.5 Å². The van der Waals surface area contributed by atoms with Crippen molar-refractivity contribution >= 4 is 61.6 Å². The molecule has 6 nitrogen and oxygen atoms in total. The van der Waals surface area contributed by atoms with Gasteiger partial charge in [-0.2, -0.15) is 5.10 Å². The Bertz CT molecular complexity index is 1350. The van der Waals surface area contributed by atoms with E-state index in [1.807, 2.05) is 49.4 Å². The number of carbonyl (C=O) groups is 1. The fraction of sp³-hybridized carbons (Fsp3) is 0.154. The highest BCUT2D eigenvalue weighted by atomic mass is 127.